The number of benzene rings is 1. The van der Waals surface area contributed by atoms with Crippen LogP contribution >= 0.6 is 0 Å². The standard InChI is InChI=1S/C84H128O41/c1-33-65(120-71-61(104)54(97)42(29-88)115-71)66(121-72-62(105)56(99)51(94)39(26-85)113-72)64(107)74(112-33)124-69-58(101)53(96)41(28-87)116-77(69)125-78(108)84-23-22-82(7)35(36(84)24-79(2,3)47(25-84)118-48(91)17-14-34-12-10-9-11-13-34)15-16-45-81(6)20-19-46(80(4,5)44(81)18-21-83(45,82)8)119-76-68(123-73-63(106)57(100)52(95)40(27-86)114-73)59(102)55(98)43(117-76)32-111-75-67(50(93)38(90)31-110-75)122-70-60(103)49(92)37(89)30-109-70/h9-15,17,33,36-47,49-77,85-90,92-107H,16,18-32H2,1-8H3. The molecule has 12 fully saturated rings. The van der Waals surface area contributed by atoms with Gasteiger partial charge in [0.15, 0.2) is 50.1 Å². The van der Waals surface area contributed by atoms with Crippen LogP contribution in [0.4, 0.5) is 0 Å². The van der Waals surface area contributed by atoms with Crippen LogP contribution in [0.25, 0.3) is 6.08 Å². The van der Waals surface area contributed by atoms with Crippen LogP contribution in [0.5, 0.6) is 0 Å². The minimum atomic E-state index is -2.20. The minimum absolute atomic E-state index is 0.0789. The number of esters is 2. The molecule has 125 heavy (non-hydrogen) atoms. The van der Waals surface area contributed by atoms with Crippen molar-refractivity contribution in [3.05, 3.63) is 53.6 Å². The van der Waals surface area contributed by atoms with Gasteiger partial charge in [-0.2, -0.15) is 0 Å². The lowest BCUT2D eigenvalue weighted by atomic mass is 9.33. The lowest BCUT2D eigenvalue weighted by Crippen LogP contribution is -2.68. The average Bonchev–Trinajstić information content (AvgIpc) is 0.755. The van der Waals surface area contributed by atoms with Crippen molar-refractivity contribution >= 4 is 18.0 Å². The largest absolute Gasteiger partial charge is 0.459 e. The fourth-order valence-electron chi connectivity index (χ4n) is 22.6. The Bertz CT molecular complexity index is 3830. The number of rotatable bonds is 24. The molecule has 22 N–H and O–H groups in total. The van der Waals surface area contributed by atoms with Crippen molar-refractivity contribution in [3.8, 4) is 0 Å². The molecule has 41 nitrogen and oxygen atoms in total. The highest BCUT2D eigenvalue weighted by atomic mass is 16.8. The Morgan fingerprint density at radius 2 is 0.912 bits per heavy atom. The number of hydrogen-bond acceptors (Lipinski definition) is 41. The van der Waals surface area contributed by atoms with Crippen molar-refractivity contribution in [2.75, 3.05) is 46.2 Å². The van der Waals surface area contributed by atoms with Crippen LogP contribution in [-0.4, -0.2) is 410 Å². The Balaban J connectivity index is 0.747. The zero-order valence-corrected chi connectivity index (χ0v) is 70.8. The van der Waals surface area contributed by atoms with Gasteiger partial charge in [0.1, 0.15) is 171 Å². The van der Waals surface area contributed by atoms with E-state index in [4.69, 9.17) is 80.5 Å². The summed E-state index contributed by atoms with van der Waals surface area (Å²) in [5, 5.41) is 243. The highest BCUT2D eigenvalue weighted by Crippen LogP contribution is 2.76. The highest BCUT2D eigenvalue weighted by Gasteiger charge is 2.72. The van der Waals surface area contributed by atoms with Crippen molar-refractivity contribution in [1.29, 1.82) is 0 Å². The summed E-state index contributed by atoms with van der Waals surface area (Å²) in [5.74, 6) is -2.55. The summed E-state index contributed by atoms with van der Waals surface area (Å²) in [6, 6.07) is 9.03. The number of carbonyl (C=O) groups excluding carboxylic acids is 2. The Hall–Kier alpha value is -3.84. The molecule has 13 aliphatic rings. The van der Waals surface area contributed by atoms with E-state index in [0.29, 0.717) is 44.1 Å². The lowest BCUT2D eigenvalue weighted by molar-refractivity contribution is -0.390. The van der Waals surface area contributed by atoms with Gasteiger partial charge in [-0.1, -0.05) is 90.4 Å². The number of fused-ring (bicyclic) bond motifs is 7. The van der Waals surface area contributed by atoms with E-state index in [1.54, 1.807) is 30.3 Å². The zero-order valence-electron chi connectivity index (χ0n) is 70.8. The smallest absolute Gasteiger partial charge is 0.331 e. The minimum Gasteiger partial charge on any atom is -0.459 e. The number of hydrogen-bond donors (Lipinski definition) is 22. The average molecular weight is 1790 g/mol. The molecule has 0 aromatic heterocycles. The summed E-state index contributed by atoms with van der Waals surface area (Å²) in [4.78, 5) is 30.8. The summed E-state index contributed by atoms with van der Waals surface area (Å²) in [6.45, 7) is 11.0. The third-order valence-electron chi connectivity index (χ3n) is 30.3. The van der Waals surface area contributed by atoms with Gasteiger partial charge in [0.05, 0.1) is 63.9 Å². The second-order valence-electron chi connectivity index (χ2n) is 38.3. The van der Waals surface area contributed by atoms with Crippen molar-refractivity contribution in [1.82, 2.24) is 0 Å². The van der Waals surface area contributed by atoms with Gasteiger partial charge in [-0.15, -0.1) is 0 Å². The molecule has 710 valence electrons. The van der Waals surface area contributed by atoms with Gasteiger partial charge in [-0.3, -0.25) is 4.79 Å². The van der Waals surface area contributed by atoms with Crippen molar-refractivity contribution < 1.29 is 202 Å². The molecule has 8 aliphatic heterocycles. The van der Waals surface area contributed by atoms with Crippen molar-refractivity contribution in [2.24, 2.45) is 50.2 Å². The molecule has 1 aromatic carbocycles. The topological polar surface area (TPSA) is 636 Å². The summed E-state index contributed by atoms with van der Waals surface area (Å²) in [5.41, 5.74) is -3.39. The van der Waals surface area contributed by atoms with Crippen molar-refractivity contribution in [3.63, 3.8) is 0 Å². The quantitative estimate of drug-likeness (QED) is 0.0198. The van der Waals surface area contributed by atoms with Crippen LogP contribution in [0.3, 0.4) is 0 Å². The molecule has 0 bridgehead atoms. The molecule has 41 heteroatoms. The fraction of sp³-hybridized carbons (Fsp3) is 0.857. The fourth-order valence-corrected chi connectivity index (χ4v) is 22.6. The molecule has 5 aliphatic carbocycles. The zero-order chi connectivity index (χ0) is 90.5. The number of aliphatic hydroxyl groups is 22. The number of aliphatic hydroxyl groups excluding tert-OH is 22. The summed E-state index contributed by atoms with van der Waals surface area (Å²) in [7, 11) is 0. The number of allylic oxidation sites excluding steroid dienone is 2. The van der Waals surface area contributed by atoms with Crippen LogP contribution < -0.4 is 0 Å². The Kier molecular flexibility index (Phi) is 29.8. The maximum atomic E-state index is 16.5. The first-order valence-corrected chi connectivity index (χ1v) is 43.3. The van der Waals surface area contributed by atoms with Crippen LogP contribution in [-0.2, 0) is 90.1 Å². The lowest BCUT2D eigenvalue weighted by Gasteiger charge is -2.71. The Morgan fingerprint density at radius 3 is 1.50 bits per heavy atom. The van der Waals surface area contributed by atoms with E-state index in [9.17, 15) is 117 Å². The third-order valence-corrected chi connectivity index (χ3v) is 30.3. The molecule has 0 spiro atoms. The Labute approximate surface area is 720 Å². The van der Waals surface area contributed by atoms with Gasteiger partial charge in [0, 0.05) is 17.9 Å². The van der Waals surface area contributed by atoms with E-state index in [1.807, 2.05) is 19.9 Å². The number of carbonyl (C=O) groups is 2. The predicted octanol–water partition coefficient (Wildman–Crippen LogP) is -6.56. The third kappa shape index (κ3) is 18.0. The van der Waals surface area contributed by atoms with E-state index in [0.717, 1.165) is 5.57 Å². The predicted molar refractivity (Wildman–Crippen MR) is 415 cm³/mol. The molecular formula is C84H128O41. The van der Waals surface area contributed by atoms with Gasteiger partial charge in [-0.25, -0.2) is 4.79 Å². The molecular weight excluding hydrogens is 1660 g/mol. The van der Waals surface area contributed by atoms with Crippen LogP contribution in [0.1, 0.15) is 119 Å². The molecule has 1 aromatic rings. The van der Waals surface area contributed by atoms with Gasteiger partial charge in [-0.05, 0) is 109 Å². The van der Waals surface area contributed by atoms with Crippen LogP contribution in [0.15, 0.2) is 48.1 Å². The molecule has 46 unspecified atom stereocenters. The SMILES string of the molecule is CC1OC(OC2C(OC(=O)C34CCC5(C)C(=CCC6C7(C)CCC(OC8OC(COC9OCC(O)C(O)C9OC9OCC(O)C(O)C9O)C(O)C(O)C8OC8OC(CO)C(O)C(O)C8O)C(C)(C)C7CCC65C)C3CC(C)(C)C(OC(=O)C=Cc3ccccc3)C4)OC(CO)C(O)C2O)C(O)C(OC2OC(CO)C(O)C(O)C2O)C1OC1OC(CO)C(O)C1O. The summed E-state index contributed by atoms with van der Waals surface area (Å²) < 4.78 is 104. The first-order chi connectivity index (χ1) is 59.0. The highest BCUT2D eigenvalue weighted by molar-refractivity contribution is 5.87. The van der Waals surface area contributed by atoms with Gasteiger partial charge in [0.2, 0.25) is 6.29 Å². The van der Waals surface area contributed by atoms with Crippen molar-refractivity contribution in [2.45, 2.75) is 353 Å². The molecule has 14 rings (SSSR count). The molecule has 46 atom stereocenters. The van der Waals surface area contributed by atoms with Gasteiger partial charge in [0.25, 0.3) is 0 Å². The normalized spacial score (nSPS) is 51.1. The second kappa shape index (κ2) is 38.3. The first-order valence-electron chi connectivity index (χ1n) is 43.3. The maximum Gasteiger partial charge on any atom is 0.331 e. The van der Waals surface area contributed by atoms with Crippen LogP contribution in [0, 0.1) is 50.2 Å². The van der Waals surface area contributed by atoms with E-state index in [-0.39, 0.29) is 31.1 Å². The summed E-state index contributed by atoms with van der Waals surface area (Å²) in [6.07, 6.45) is -60.1. The van der Waals surface area contributed by atoms with E-state index < -0.39 is 336 Å². The maximum absolute atomic E-state index is 16.5. The van der Waals surface area contributed by atoms with E-state index in [1.165, 1.54) is 13.0 Å². The second-order valence-corrected chi connectivity index (χ2v) is 38.3. The van der Waals surface area contributed by atoms with Crippen LogP contribution in [0.2, 0.25) is 0 Å². The number of ether oxygens (including phenoxy) is 17. The van der Waals surface area contributed by atoms with Gasteiger partial charge >= 0.3 is 11.9 Å². The molecule has 0 amide bonds. The Morgan fingerprint density at radius 1 is 0.432 bits per heavy atom. The van der Waals surface area contributed by atoms with E-state index in [2.05, 4.69) is 40.7 Å². The summed E-state index contributed by atoms with van der Waals surface area (Å²) >= 11 is 0. The molecule has 8 saturated heterocycles. The van der Waals surface area contributed by atoms with Gasteiger partial charge < -0.3 is 193 Å². The van der Waals surface area contributed by atoms with E-state index >= 15 is 4.79 Å². The molecule has 8 heterocycles. The monoisotopic (exact) mass is 1790 g/mol. The molecule has 4 saturated carbocycles. The first kappa shape index (κ1) is 97.2. The molecule has 0 radical (unpaired) electrons.